The molecule has 6 nitrogen and oxygen atoms in total. The zero-order chi connectivity index (χ0) is 18.7. The third-order valence-corrected chi connectivity index (χ3v) is 4.13. The van der Waals surface area contributed by atoms with Crippen LogP contribution < -0.4 is 21.1 Å². The fraction of sp³-hybridized carbons (Fsp3) is 0.118. The second kappa shape index (κ2) is 7.80. The first-order chi connectivity index (χ1) is 12.5. The van der Waals surface area contributed by atoms with Crippen LogP contribution in [-0.4, -0.2) is 29.5 Å². The van der Waals surface area contributed by atoms with Crippen LogP contribution in [0.4, 0.5) is 11.6 Å². The number of nitrogens with one attached hydrogen (secondary N) is 1. The minimum atomic E-state index is -0.304. The van der Waals surface area contributed by atoms with Gasteiger partial charge in [0.1, 0.15) is 24.6 Å². The number of hydrogen-bond acceptors (Lipinski definition) is 5. The molecule has 0 saturated heterocycles. The summed E-state index contributed by atoms with van der Waals surface area (Å²) in [6.07, 6.45) is 3.00. The Morgan fingerprint density at radius 3 is 2.62 bits per heavy atom. The minimum Gasteiger partial charge on any atom is -0.497 e. The van der Waals surface area contributed by atoms with Crippen molar-refractivity contribution in [3.8, 4) is 5.75 Å². The zero-order valence-corrected chi connectivity index (χ0v) is 15.7. The molecule has 0 radical (unpaired) electrons. The Balaban J connectivity index is 1.91. The Hall–Kier alpha value is -2.51. The molecule has 1 N–H and O–H groups in total. The van der Waals surface area contributed by atoms with Gasteiger partial charge in [-0.15, -0.1) is 0 Å². The summed E-state index contributed by atoms with van der Waals surface area (Å²) in [5.74, 6) is 1.35. The molecule has 1 aromatic carbocycles. The molecule has 9 heteroatoms. The van der Waals surface area contributed by atoms with E-state index in [1.165, 1.54) is 17.0 Å². The van der Waals surface area contributed by atoms with E-state index in [1.54, 1.807) is 13.2 Å². The lowest BCUT2D eigenvalue weighted by molar-refractivity contribution is 0.414. The minimum absolute atomic E-state index is 0.101. The lowest BCUT2D eigenvalue weighted by Crippen LogP contribution is -2.25. The largest absolute Gasteiger partial charge is 0.497 e. The average Bonchev–Trinajstić information content (AvgIpc) is 2.62. The van der Waals surface area contributed by atoms with Crippen LogP contribution in [0.2, 0.25) is 10.2 Å². The van der Waals surface area contributed by atoms with Gasteiger partial charge in [-0.3, -0.25) is 4.79 Å². The number of methoxy groups -OCH3 is 1. The molecule has 0 aliphatic carbocycles. The van der Waals surface area contributed by atoms with Gasteiger partial charge in [0.25, 0.3) is 5.56 Å². The van der Waals surface area contributed by atoms with Gasteiger partial charge in [0.15, 0.2) is 5.82 Å². The Bertz CT molecular complexity index is 993. The highest BCUT2D eigenvalue weighted by atomic mass is 35.5. The lowest BCUT2D eigenvalue weighted by Gasteiger charge is -2.11. The van der Waals surface area contributed by atoms with Crippen molar-refractivity contribution >= 4 is 48.1 Å². The van der Waals surface area contributed by atoms with Crippen LogP contribution in [0.25, 0.3) is 0 Å². The Labute approximate surface area is 161 Å². The molecule has 0 bridgehead atoms. The van der Waals surface area contributed by atoms with Gasteiger partial charge in [-0.1, -0.05) is 35.3 Å². The highest BCUT2D eigenvalue weighted by molar-refractivity contribution is 6.38. The van der Waals surface area contributed by atoms with Crippen molar-refractivity contribution < 1.29 is 4.74 Å². The van der Waals surface area contributed by atoms with Gasteiger partial charge in [0.2, 0.25) is 0 Å². The fourth-order valence-corrected chi connectivity index (χ4v) is 2.83. The van der Waals surface area contributed by atoms with Crippen molar-refractivity contribution in [2.75, 3.05) is 12.4 Å². The van der Waals surface area contributed by atoms with Gasteiger partial charge in [-0.05, 0) is 29.2 Å². The Kier molecular flexibility index (Phi) is 5.49. The van der Waals surface area contributed by atoms with Crippen molar-refractivity contribution in [3.63, 3.8) is 0 Å². The molecule has 0 unspecified atom stereocenters. The second-order valence-electron chi connectivity index (χ2n) is 5.64. The van der Waals surface area contributed by atoms with E-state index in [4.69, 9.17) is 27.9 Å². The molecule has 0 fully saturated rings. The van der Waals surface area contributed by atoms with E-state index >= 15 is 0 Å². The molecule has 0 saturated carbocycles. The molecular formula is C17H15BCl2N4O2. The number of halogens is 2. The van der Waals surface area contributed by atoms with Crippen molar-refractivity contribution in [2.45, 2.75) is 6.54 Å². The zero-order valence-electron chi connectivity index (χ0n) is 14.2. The second-order valence-corrected chi connectivity index (χ2v) is 6.46. The van der Waals surface area contributed by atoms with E-state index < -0.39 is 0 Å². The standard InChI is InChI=1S/C17H15BCl2N4O2/c1-26-12-4-2-10(3-5-12)8-24-9-14(20)22-16(17(24)25)23-15-13(18)6-11(19)7-21-15/h2-7,9H,8,18H2,1H3,(H,21,22,23). The number of rotatable bonds is 5. The first kappa shape index (κ1) is 18.3. The smallest absolute Gasteiger partial charge is 0.294 e. The Morgan fingerprint density at radius 2 is 1.96 bits per heavy atom. The van der Waals surface area contributed by atoms with Gasteiger partial charge < -0.3 is 14.6 Å². The Morgan fingerprint density at radius 1 is 1.23 bits per heavy atom. The third kappa shape index (κ3) is 4.18. The van der Waals surface area contributed by atoms with Crippen molar-refractivity contribution in [3.05, 3.63) is 68.8 Å². The molecule has 2 aromatic heterocycles. The van der Waals surface area contributed by atoms with Gasteiger partial charge in [0, 0.05) is 12.4 Å². The normalized spacial score (nSPS) is 10.6. The van der Waals surface area contributed by atoms with E-state index in [0.29, 0.717) is 17.4 Å². The number of anilines is 2. The molecule has 0 spiro atoms. The van der Waals surface area contributed by atoms with E-state index in [1.807, 2.05) is 32.1 Å². The van der Waals surface area contributed by atoms with Gasteiger partial charge in [-0.25, -0.2) is 9.97 Å². The molecule has 3 aromatic rings. The molecule has 0 amide bonds. The first-order valence-electron chi connectivity index (χ1n) is 7.75. The number of hydrogen-bond donors (Lipinski definition) is 1. The van der Waals surface area contributed by atoms with Crippen LogP contribution in [0.1, 0.15) is 5.56 Å². The maximum Gasteiger partial charge on any atom is 0.294 e. The molecule has 3 rings (SSSR count). The van der Waals surface area contributed by atoms with Crippen LogP contribution in [0.15, 0.2) is 47.5 Å². The first-order valence-corrected chi connectivity index (χ1v) is 8.51. The molecule has 132 valence electrons. The predicted molar refractivity (Wildman–Crippen MR) is 106 cm³/mol. The third-order valence-electron chi connectivity index (χ3n) is 3.74. The van der Waals surface area contributed by atoms with E-state index in [-0.39, 0.29) is 16.5 Å². The predicted octanol–water partition coefficient (Wildman–Crippen LogP) is 2.00. The topological polar surface area (TPSA) is 69.0 Å². The fourth-order valence-electron chi connectivity index (χ4n) is 2.42. The average molecular weight is 389 g/mol. The summed E-state index contributed by atoms with van der Waals surface area (Å²) in [6.45, 7) is 0.354. The highest BCUT2D eigenvalue weighted by Crippen LogP contribution is 2.15. The van der Waals surface area contributed by atoms with Crippen LogP contribution in [-0.2, 0) is 6.54 Å². The van der Waals surface area contributed by atoms with Crippen molar-refractivity contribution in [1.82, 2.24) is 14.5 Å². The maximum absolute atomic E-state index is 12.7. The van der Waals surface area contributed by atoms with Crippen molar-refractivity contribution in [2.24, 2.45) is 0 Å². The van der Waals surface area contributed by atoms with E-state index in [2.05, 4.69) is 15.3 Å². The highest BCUT2D eigenvalue weighted by Gasteiger charge is 2.11. The molecule has 0 atom stereocenters. The number of nitrogens with zero attached hydrogens (tertiary/aromatic N) is 3. The van der Waals surface area contributed by atoms with Crippen LogP contribution in [0.3, 0.4) is 0 Å². The summed E-state index contributed by atoms with van der Waals surface area (Å²) in [5.41, 5.74) is 1.42. The van der Waals surface area contributed by atoms with Gasteiger partial charge in [0.05, 0.1) is 18.7 Å². The van der Waals surface area contributed by atoms with Crippen LogP contribution in [0.5, 0.6) is 5.75 Å². The monoisotopic (exact) mass is 388 g/mol. The van der Waals surface area contributed by atoms with Gasteiger partial charge >= 0.3 is 0 Å². The van der Waals surface area contributed by atoms with Crippen molar-refractivity contribution in [1.29, 1.82) is 0 Å². The summed E-state index contributed by atoms with van der Waals surface area (Å²) < 4.78 is 6.63. The molecule has 26 heavy (non-hydrogen) atoms. The maximum atomic E-state index is 12.7. The number of pyridine rings is 1. The molecule has 2 heterocycles. The summed E-state index contributed by atoms with van der Waals surface area (Å²) in [6, 6.07) is 9.19. The summed E-state index contributed by atoms with van der Waals surface area (Å²) in [5, 5.41) is 3.65. The lowest BCUT2D eigenvalue weighted by atomic mass is 9.97. The van der Waals surface area contributed by atoms with Crippen LogP contribution >= 0.6 is 23.2 Å². The van der Waals surface area contributed by atoms with E-state index in [9.17, 15) is 4.79 Å². The number of aromatic nitrogens is 3. The summed E-state index contributed by atoms with van der Waals surface area (Å²) in [7, 11) is 3.44. The quantitative estimate of drug-likeness (QED) is 0.677. The molecular weight excluding hydrogens is 374 g/mol. The SMILES string of the molecule is Bc1cc(Cl)cnc1Nc1nc(Cl)cn(Cc2ccc(OC)cc2)c1=O. The number of ether oxygens (including phenoxy) is 1. The van der Waals surface area contributed by atoms with Crippen LogP contribution in [0, 0.1) is 0 Å². The molecule has 0 aliphatic heterocycles. The summed E-state index contributed by atoms with van der Waals surface area (Å²) >= 11 is 12.0. The summed E-state index contributed by atoms with van der Waals surface area (Å²) in [4.78, 5) is 21.0. The van der Waals surface area contributed by atoms with E-state index in [0.717, 1.165) is 16.8 Å². The number of benzene rings is 1. The van der Waals surface area contributed by atoms with Gasteiger partial charge in [-0.2, -0.15) is 0 Å². The molecule has 0 aliphatic rings.